The fourth-order valence-electron chi connectivity index (χ4n) is 3.20. The third-order valence-electron chi connectivity index (χ3n) is 4.96. The molecule has 1 aromatic carbocycles. The van der Waals surface area contributed by atoms with Gasteiger partial charge in [-0.15, -0.1) is 0 Å². The van der Waals surface area contributed by atoms with Crippen LogP contribution < -0.4 is 5.32 Å². The molecule has 0 amide bonds. The highest BCUT2D eigenvalue weighted by molar-refractivity contribution is 5.26. The molecule has 0 aliphatic heterocycles. The zero-order valence-electron chi connectivity index (χ0n) is 13.9. The van der Waals surface area contributed by atoms with Crippen molar-refractivity contribution in [1.29, 1.82) is 0 Å². The molecule has 1 saturated carbocycles. The number of benzene rings is 1. The first-order valence-electron chi connectivity index (χ1n) is 8.59. The minimum Gasteiger partial charge on any atom is -0.374 e. The van der Waals surface area contributed by atoms with Crippen molar-refractivity contribution < 1.29 is 4.74 Å². The molecule has 2 heteroatoms. The number of rotatable bonds is 7. The van der Waals surface area contributed by atoms with Gasteiger partial charge in [0.2, 0.25) is 0 Å². The Bertz CT molecular complexity index is 418. The highest BCUT2D eigenvalue weighted by Gasteiger charge is 2.25. The van der Waals surface area contributed by atoms with Gasteiger partial charge in [-0.25, -0.2) is 0 Å². The molecular weight excluding hydrogens is 258 g/mol. The van der Waals surface area contributed by atoms with E-state index in [1.54, 1.807) is 0 Å². The van der Waals surface area contributed by atoms with E-state index in [4.69, 9.17) is 4.74 Å². The second-order valence-corrected chi connectivity index (χ2v) is 6.57. The summed E-state index contributed by atoms with van der Waals surface area (Å²) >= 11 is 0. The SMILES string of the molecule is CCNCCc1ccccc1COC1CCC(C)C(C)C1. The van der Waals surface area contributed by atoms with Crippen LogP contribution in [0.5, 0.6) is 0 Å². The molecule has 1 aliphatic rings. The van der Waals surface area contributed by atoms with Crippen molar-refractivity contribution in [2.45, 2.75) is 59.2 Å². The van der Waals surface area contributed by atoms with Crippen molar-refractivity contribution in [2.24, 2.45) is 11.8 Å². The van der Waals surface area contributed by atoms with E-state index in [0.29, 0.717) is 6.10 Å². The van der Waals surface area contributed by atoms with Gasteiger partial charge in [0, 0.05) is 0 Å². The molecule has 0 heterocycles. The van der Waals surface area contributed by atoms with Crippen LogP contribution in [0.4, 0.5) is 0 Å². The van der Waals surface area contributed by atoms with E-state index in [0.717, 1.165) is 38.0 Å². The summed E-state index contributed by atoms with van der Waals surface area (Å²) in [5.74, 6) is 1.66. The minimum absolute atomic E-state index is 0.457. The van der Waals surface area contributed by atoms with Gasteiger partial charge in [0.25, 0.3) is 0 Å². The molecule has 1 N–H and O–H groups in total. The fraction of sp³-hybridized carbons (Fsp3) is 0.684. The summed E-state index contributed by atoms with van der Waals surface area (Å²) in [7, 11) is 0. The van der Waals surface area contributed by atoms with Gasteiger partial charge in [0.15, 0.2) is 0 Å². The summed E-state index contributed by atoms with van der Waals surface area (Å²) in [6.45, 7) is 9.75. The number of ether oxygens (including phenoxy) is 1. The van der Waals surface area contributed by atoms with Crippen LogP contribution in [0.25, 0.3) is 0 Å². The van der Waals surface area contributed by atoms with Gasteiger partial charge in [-0.2, -0.15) is 0 Å². The summed E-state index contributed by atoms with van der Waals surface area (Å²) in [5, 5.41) is 3.40. The van der Waals surface area contributed by atoms with E-state index in [2.05, 4.69) is 50.4 Å². The van der Waals surface area contributed by atoms with E-state index in [1.165, 1.54) is 30.4 Å². The van der Waals surface area contributed by atoms with Crippen molar-refractivity contribution in [3.8, 4) is 0 Å². The largest absolute Gasteiger partial charge is 0.374 e. The smallest absolute Gasteiger partial charge is 0.0723 e. The van der Waals surface area contributed by atoms with Crippen molar-refractivity contribution in [2.75, 3.05) is 13.1 Å². The summed E-state index contributed by atoms with van der Waals surface area (Å²) in [5.41, 5.74) is 2.79. The lowest BCUT2D eigenvalue weighted by atomic mass is 9.80. The average Bonchev–Trinajstić information content (AvgIpc) is 2.50. The minimum atomic E-state index is 0.457. The van der Waals surface area contributed by atoms with Crippen molar-refractivity contribution in [1.82, 2.24) is 5.32 Å². The maximum absolute atomic E-state index is 6.21. The van der Waals surface area contributed by atoms with Crippen LogP contribution in [0.15, 0.2) is 24.3 Å². The van der Waals surface area contributed by atoms with Gasteiger partial charge >= 0.3 is 0 Å². The van der Waals surface area contributed by atoms with E-state index >= 15 is 0 Å². The molecular formula is C19H31NO. The van der Waals surface area contributed by atoms with Gasteiger partial charge < -0.3 is 10.1 Å². The predicted molar refractivity (Wildman–Crippen MR) is 89.4 cm³/mol. The average molecular weight is 289 g/mol. The Kier molecular flexibility index (Phi) is 6.72. The number of hydrogen-bond donors (Lipinski definition) is 1. The predicted octanol–water partition coefficient (Wildman–Crippen LogP) is 4.18. The molecule has 3 atom stereocenters. The van der Waals surface area contributed by atoms with Gasteiger partial charge in [-0.1, -0.05) is 45.0 Å². The Morgan fingerprint density at radius 2 is 1.86 bits per heavy atom. The van der Waals surface area contributed by atoms with Crippen LogP contribution in [-0.2, 0) is 17.8 Å². The third-order valence-corrected chi connectivity index (χ3v) is 4.96. The monoisotopic (exact) mass is 289 g/mol. The molecule has 0 bridgehead atoms. The Morgan fingerprint density at radius 3 is 2.57 bits per heavy atom. The molecule has 3 unspecified atom stereocenters. The fourth-order valence-corrected chi connectivity index (χ4v) is 3.20. The molecule has 2 rings (SSSR count). The lowest BCUT2D eigenvalue weighted by Gasteiger charge is -2.32. The molecule has 0 spiro atoms. The maximum Gasteiger partial charge on any atom is 0.0723 e. The van der Waals surface area contributed by atoms with Gasteiger partial charge in [0.1, 0.15) is 0 Å². The second kappa shape index (κ2) is 8.55. The first-order chi connectivity index (χ1) is 10.2. The number of hydrogen-bond acceptors (Lipinski definition) is 2. The van der Waals surface area contributed by atoms with Crippen molar-refractivity contribution in [3.63, 3.8) is 0 Å². The molecule has 21 heavy (non-hydrogen) atoms. The summed E-state index contributed by atoms with van der Waals surface area (Å²) in [4.78, 5) is 0. The molecule has 0 saturated heterocycles. The quantitative estimate of drug-likeness (QED) is 0.760. The van der Waals surface area contributed by atoms with Gasteiger partial charge in [-0.3, -0.25) is 0 Å². The Hall–Kier alpha value is -0.860. The summed E-state index contributed by atoms with van der Waals surface area (Å²) in [6.07, 6.45) is 5.31. The molecule has 1 fully saturated rings. The second-order valence-electron chi connectivity index (χ2n) is 6.57. The molecule has 1 aromatic rings. The maximum atomic E-state index is 6.21. The third kappa shape index (κ3) is 5.12. The van der Waals surface area contributed by atoms with E-state index in [9.17, 15) is 0 Å². The first kappa shape index (κ1) is 16.5. The lowest BCUT2D eigenvalue weighted by Crippen LogP contribution is -2.26. The highest BCUT2D eigenvalue weighted by atomic mass is 16.5. The van der Waals surface area contributed by atoms with Crippen molar-refractivity contribution in [3.05, 3.63) is 35.4 Å². The normalized spacial score (nSPS) is 26.0. The van der Waals surface area contributed by atoms with Gasteiger partial charge in [-0.05, 0) is 61.7 Å². The van der Waals surface area contributed by atoms with Crippen molar-refractivity contribution >= 4 is 0 Å². The molecule has 2 nitrogen and oxygen atoms in total. The van der Waals surface area contributed by atoms with E-state index in [-0.39, 0.29) is 0 Å². The standard InChI is InChI=1S/C19H31NO/c1-4-20-12-11-17-7-5-6-8-18(17)14-21-19-10-9-15(2)16(3)13-19/h5-8,15-16,19-20H,4,9-14H2,1-3H3. The van der Waals surface area contributed by atoms with Crippen LogP contribution in [0.2, 0.25) is 0 Å². The number of nitrogens with one attached hydrogen (secondary N) is 1. The van der Waals surface area contributed by atoms with E-state index in [1.807, 2.05) is 0 Å². The van der Waals surface area contributed by atoms with Gasteiger partial charge in [0.05, 0.1) is 12.7 Å². The van der Waals surface area contributed by atoms with Crippen LogP contribution in [0.1, 0.15) is 51.2 Å². The lowest BCUT2D eigenvalue weighted by molar-refractivity contribution is -0.00770. The topological polar surface area (TPSA) is 21.3 Å². The van der Waals surface area contributed by atoms with E-state index < -0.39 is 0 Å². The van der Waals surface area contributed by atoms with Crippen LogP contribution in [-0.4, -0.2) is 19.2 Å². The first-order valence-corrected chi connectivity index (χ1v) is 8.59. The molecule has 1 aliphatic carbocycles. The Balaban J connectivity index is 1.85. The van der Waals surface area contributed by atoms with Crippen LogP contribution >= 0.6 is 0 Å². The highest BCUT2D eigenvalue weighted by Crippen LogP contribution is 2.31. The summed E-state index contributed by atoms with van der Waals surface area (Å²) in [6, 6.07) is 8.72. The molecule has 118 valence electrons. The zero-order chi connectivity index (χ0) is 15.1. The Morgan fingerprint density at radius 1 is 1.10 bits per heavy atom. The molecule has 0 aromatic heterocycles. The van der Waals surface area contributed by atoms with Crippen LogP contribution in [0.3, 0.4) is 0 Å². The summed E-state index contributed by atoms with van der Waals surface area (Å²) < 4.78 is 6.21. The van der Waals surface area contributed by atoms with Crippen LogP contribution in [0, 0.1) is 11.8 Å². The Labute approximate surface area is 130 Å². The zero-order valence-corrected chi connectivity index (χ0v) is 13.9. The molecule has 0 radical (unpaired) electrons. The number of likely N-dealkylation sites (N-methyl/N-ethyl adjacent to an activating group) is 1.